The zero-order valence-corrected chi connectivity index (χ0v) is 23.5. The number of hydrogen-bond donors (Lipinski definition) is 1. The lowest BCUT2D eigenvalue weighted by Crippen LogP contribution is -2.24. The van der Waals surface area contributed by atoms with Crippen LogP contribution in [0.1, 0.15) is 31.9 Å². The average molecular weight is 611 g/mol. The van der Waals surface area contributed by atoms with E-state index >= 15 is 0 Å². The van der Waals surface area contributed by atoms with Crippen LogP contribution in [0.2, 0.25) is 0 Å². The Hall–Kier alpha value is -4.49. The van der Waals surface area contributed by atoms with E-state index in [1.54, 1.807) is 19.1 Å². The molecule has 0 unspecified atom stereocenters. The summed E-state index contributed by atoms with van der Waals surface area (Å²) in [6.07, 6.45) is -4.67. The van der Waals surface area contributed by atoms with Gasteiger partial charge < -0.3 is 5.32 Å². The summed E-state index contributed by atoms with van der Waals surface area (Å²) < 4.78 is 41.9. The van der Waals surface area contributed by atoms with Gasteiger partial charge in [0.2, 0.25) is 0 Å². The fraction of sp³-hybridized carbons (Fsp3) is 0.138. The van der Waals surface area contributed by atoms with E-state index in [-0.39, 0.29) is 33.1 Å². The Kier molecular flexibility index (Phi) is 8.14. The summed E-state index contributed by atoms with van der Waals surface area (Å²) in [5.41, 5.74) is -0.0573. The molecule has 5 aromatic rings. The lowest BCUT2D eigenvalue weighted by Gasteiger charge is -2.13. The van der Waals surface area contributed by atoms with Gasteiger partial charge in [0.1, 0.15) is 4.83 Å². The number of nitro benzene ring substituents is 1. The summed E-state index contributed by atoms with van der Waals surface area (Å²) in [5, 5.41) is 14.1. The van der Waals surface area contributed by atoms with Crippen molar-refractivity contribution in [3.63, 3.8) is 0 Å². The number of nitrogens with one attached hydrogen (secondary N) is 1. The fourth-order valence-electron chi connectivity index (χ4n) is 4.36. The van der Waals surface area contributed by atoms with E-state index in [4.69, 9.17) is 0 Å². The zero-order valence-electron chi connectivity index (χ0n) is 21.8. The van der Waals surface area contributed by atoms with Crippen LogP contribution in [0.5, 0.6) is 0 Å². The number of fused-ring (bicyclic) bond motifs is 1. The fourth-order valence-corrected chi connectivity index (χ4v) is 6.42. The molecule has 0 atom stereocenters. The van der Waals surface area contributed by atoms with Gasteiger partial charge in [-0.2, -0.15) is 13.2 Å². The van der Waals surface area contributed by atoms with Gasteiger partial charge in [-0.1, -0.05) is 66.4 Å². The molecule has 0 aliphatic heterocycles. The van der Waals surface area contributed by atoms with Crippen molar-refractivity contribution >= 4 is 50.6 Å². The normalized spacial score (nSPS) is 11.5. The predicted molar refractivity (Wildman–Crippen MR) is 156 cm³/mol. The Morgan fingerprint density at radius 1 is 1.05 bits per heavy atom. The average Bonchev–Trinajstić information content (AvgIpc) is 3.30. The maximum Gasteiger partial charge on any atom is 0.418 e. The van der Waals surface area contributed by atoms with Crippen LogP contribution in [0.25, 0.3) is 10.2 Å². The van der Waals surface area contributed by atoms with Crippen molar-refractivity contribution in [1.29, 1.82) is 0 Å². The van der Waals surface area contributed by atoms with Crippen molar-refractivity contribution in [2.24, 2.45) is 0 Å². The summed E-state index contributed by atoms with van der Waals surface area (Å²) in [6, 6.07) is 20.0. The highest BCUT2D eigenvalue weighted by Gasteiger charge is 2.34. The first-order valence-corrected chi connectivity index (χ1v) is 14.2. The second-order valence-electron chi connectivity index (χ2n) is 9.22. The summed E-state index contributed by atoms with van der Waals surface area (Å²) in [4.78, 5) is 42.8. The first-order valence-electron chi connectivity index (χ1n) is 12.4. The molecule has 13 heteroatoms. The van der Waals surface area contributed by atoms with Crippen molar-refractivity contribution in [2.75, 3.05) is 5.32 Å². The summed E-state index contributed by atoms with van der Waals surface area (Å²) in [6.45, 7) is 1.74. The molecule has 1 amide bonds. The third-order valence-corrected chi connectivity index (χ3v) is 8.61. The Morgan fingerprint density at radius 2 is 1.74 bits per heavy atom. The number of rotatable bonds is 8. The molecule has 1 N–H and O–H groups in total. The van der Waals surface area contributed by atoms with E-state index in [2.05, 4.69) is 10.3 Å². The minimum Gasteiger partial charge on any atom is -0.321 e. The molecule has 42 heavy (non-hydrogen) atoms. The number of anilines is 1. The summed E-state index contributed by atoms with van der Waals surface area (Å²) in [7, 11) is 0. The van der Waals surface area contributed by atoms with Crippen molar-refractivity contribution in [2.45, 2.75) is 30.6 Å². The van der Waals surface area contributed by atoms with Crippen LogP contribution in [-0.2, 0) is 18.5 Å². The molecular formula is C29H21F3N4O4S2. The Bertz CT molecular complexity index is 1870. The second kappa shape index (κ2) is 11.8. The summed E-state index contributed by atoms with van der Waals surface area (Å²) >= 11 is 2.13. The minimum absolute atomic E-state index is 0.0604. The molecule has 8 nitrogen and oxygen atoms in total. The highest BCUT2D eigenvalue weighted by atomic mass is 32.2. The number of amides is 1. The van der Waals surface area contributed by atoms with Gasteiger partial charge in [0.15, 0.2) is 5.16 Å². The number of aryl methyl sites for hydroxylation is 1. The molecule has 3 aromatic carbocycles. The molecule has 0 spiro atoms. The number of aromatic nitrogens is 2. The SMILES string of the molecule is Cc1c(C(=O)Nc2ccccc2C(F)(F)F)sc2nc(SCc3cccc([N+](=O)[O-])c3)n(Cc3ccccc3)c(=O)c12. The van der Waals surface area contributed by atoms with Gasteiger partial charge in [-0.15, -0.1) is 11.3 Å². The Balaban J connectivity index is 1.55. The number of non-ortho nitro benzene ring substituents is 1. The topological polar surface area (TPSA) is 107 Å². The van der Waals surface area contributed by atoms with Crippen LogP contribution in [0.15, 0.2) is 88.8 Å². The number of benzene rings is 3. The van der Waals surface area contributed by atoms with Crippen LogP contribution in [0.3, 0.4) is 0 Å². The van der Waals surface area contributed by atoms with E-state index in [9.17, 15) is 32.9 Å². The molecule has 5 rings (SSSR count). The number of nitro groups is 1. The number of hydrogen-bond acceptors (Lipinski definition) is 7. The van der Waals surface area contributed by atoms with Gasteiger partial charge in [-0.3, -0.25) is 24.3 Å². The van der Waals surface area contributed by atoms with Crippen LogP contribution < -0.4 is 10.9 Å². The quantitative estimate of drug-likeness (QED) is 0.0856. The molecule has 2 heterocycles. The van der Waals surface area contributed by atoms with Gasteiger partial charge in [0, 0.05) is 17.9 Å². The molecule has 2 aromatic heterocycles. The van der Waals surface area contributed by atoms with Crippen LogP contribution in [0.4, 0.5) is 24.5 Å². The van der Waals surface area contributed by atoms with Gasteiger partial charge in [-0.25, -0.2) is 4.98 Å². The van der Waals surface area contributed by atoms with Crippen molar-refractivity contribution in [1.82, 2.24) is 9.55 Å². The van der Waals surface area contributed by atoms with Crippen molar-refractivity contribution < 1.29 is 22.9 Å². The van der Waals surface area contributed by atoms with Crippen LogP contribution >= 0.6 is 23.1 Å². The van der Waals surface area contributed by atoms with Gasteiger partial charge in [-0.05, 0) is 35.7 Å². The summed E-state index contributed by atoms with van der Waals surface area (Å²) in [5.74, 6) is -0.507. The smallest absolute Gasteiger partial charge is 0.321 e. The Morgan fingerprint density at radius 3 is 2.45 bits per heavy atom. The van der Waals surface area contributed by atoms with Crippen LogP contribution in [-0.4, -0.2) is 20.4 Å². The number of nitrogens with zero attached hydrogens (tertiary/aromatic N) is 3. The number of para-hydroxylation sites is 1. The van der Waals surface area contributed by atoms with Crippen molar-refractivity contribution in [3.8, 4) is 0 Å². The molecule has 0 fully saturated rings. The Labute approximate surface area is 245 Å². The minimum atomic E-state index is -4.67. The first kappa shape index (κ1) is 29.0. The molecule has 0 bridgehead atoms. The molecule has 0 aliphatic carbocycles. The van der Waals surface area contributed by atoms with E-state index in [1.165, 1.54) is 40.6 Å². The number of thioether (sulfide) groups is 1. The molecule has 0 saturated heterocycles. The lowest BCUT2D eigenvalue weighted by molar-refractivity contribution is -0.384. The molecule has 0 saturated carbocycles. The standard InChI is InChI=1S/C29H21F3N4O4S2/c1-17-23-26(42-24(17)25(37)33-22-13-6-5-12-21(22)29(30,31)32)34-28(35(27(23)38)15-18-8-3-2-4-9-18)41-16-19-10-7-11-20(14-19)36(39)40/h2-14H,15-16H2,1H3,(H,33,37). The molecule has 214 valence electrons. The third kappa shape index (κ3) is 6.06. The number of carbonyl (C=O) groups excluding carboxylic acids is 1. The maximum absolute atomic E-state index is 13.9. The maximum atomic E-state index is 13.9. The number of alkyl halides is 3. The van der Waals surface area contributed by atoms with Gasteiger partial charge in [0.25, 0.3) is 17.2 Å². The van der Waals surface area contributed by atoms with E-state index in [0.29, 0.717) is 16.3 Å². The van der Waals surface area contributed by atoms with E-state index in [1.807, 2.05) is 30.3 Å². The zero-order chi connectivity index (χ0) is 30.0. The van der Waals surface area contributed by atoms with Crippen molar-refractivity contribution in [3.05, 3.63) is 126 Å². The number of thiophene rings is 1. The van der Waals surface area contributed by atoms with Gasteiger partial charge in [0.05, 0.1) is 33.0 Å². The third-order valence-electron chi connectivity index (χ3n) is 6.38. The molecular weight excluding hydrogens is 589 g/mol. The van der Waals surface area contributed by atoms with Gasteiger partial charge >= 0.3 is 6.18 Å². The number of halogens is 3. The monoisotopic (exact) mass is 610 g/mol. The predicted octanol–water partition coefficient (Wildman–Crippen LogP) is 7.29. The lowest BCUT2D eigenvalue weighted by atomic mass is 10.1. The van der Waals surface area contributed by atoms with Crippen LogP contribution in [0, 0.1) is 17.0 Å². The highest BCUT2D eigenvalue weighted by molar-refractivity contribution is 7.98. The van der Waals surface area contributed by atoms with E-state index in [0.717, 1.165) is 29.0 Å². The largest absolute Gasteiger partial charge is 0.418 e. The first-order chi connectivity index (χ1) is 20.0. The second-order valence-corrected chi connectivity index (χ2v) is 11.2. The highest BCUT2D eigenvalue weighted by Crippen LogP contribution is 2.36. The molecule has 0 radical (unpaired) electrons. The van der Waals surface area contributed by atoms with E-state index < -0.39 is 33.8 Å². The molecule has 0 aliphatic rings. The number of carbonyl (C=O) groups is 1.